The Morgan fingerprint density at radius 1 is 1.67 bits per heavy atom. The van der Waals surface area contributed by atoms with E-state index in [2.05, 4.69) is 15.7 Å². The minimum absolute atomic E-state index is 0.0284. The van der Waals surface area contributed by atoms with Crippen LogP contribution in [0.5, 0.6) is 0 Å². The second kappa shape index (κ2) is 6.37. The van der Waals surface area contributed by atoms with Crippen molar-refractivity contribution in [1.82, 2.24) is 10.3 Å². The molecule has 0 bridgehead atoms. The Balaban J connectivity index is 1.82. The molecular weight excluding hydrogens is 264 g/mol. The lowest BCUT2D eigenvalue weighted by Crippen LogP contribution is -2.49. The number of thiazole rings is 1. The summed E-state index contributed by atoms with van der Waals surface area (Å²) in [5.41, 5.74) is 1.09. The lowest BCUT2D eigenvalue weighted by atomic mass is 9.86. The van der Waals surface area contributed by atoms with Crippen molar-refractivity contribution in [2.24, 2.45) is 5.92 Å². The molecule has 2 rings (SSSR count). The van der Waals surface area contributed by atoms with Crippen molar-refractivity contribution in [3.8, 4) is 0 Å². The van der Waals surface area contributed by atoms with Gasteiger partial charge in [-0.25, -0.2) is 4.98 Å². The third kappa shape index (κ3) is 3.07. The molecule has 0 saturated heterocycles. The number of aromatic nitrogens is 1. The number of aliphatic hydroxyl groups excluding tert-OH is 1. The maximum atomic E-state index is 9.63. The minimum Gasteiger partial charge on any atom is -0.394 e. The highest BCUT2D eigenvalue weighted by Crippen LogP contribution is 2.38. The number of rotatable bonds is 6. The van der Waals surface area contributed by atoms with Gasteiger partial charge in [0.1, 0.15) is 4.34 Å². The van der Waals surface area contributed by atoms with Crippen LogP contribution in [0.1, 0.15) is 31.4 Å². The van der Waals surface area contributed by atoms with Gasteiger partial charge in [0.2, 0.25) is 0 Å². The molecule has 0 spiro atoms. The fourth-order valence-corrected chi connectivity index (χ4v) is 4.84. The maximum absolute atomic E-state index is 9.63. The summed E-state index contributed by atoms with van der Waals surface area (Å²) < 4.78 is 1.17. The highest BCUT2D eigenvalue weighted by atomic mass is 32.2. The van der Waals surface area contributed by atoms with Gasteiger partial charge in [0.25, 0.3) is 0 Å². The first-order chi connectivity index (χ1) is 8.70. The zero-order valence-electron chi connectivity index (χ0n) is 11.1. The third-order valence-corrected chi connectivity index (χ3v) is 6.20. The molecule has 0 amide bonds. The SMILES string of the molecule is CNC1(CO)CCCC1CCSc1nc(C)cs1. The minimum atomic E-state index is -0.0284. The van der Waals surface area contributed by atoms with Gasteiger partial charge in [-0.1, -0.05) is 18.2 Å². The topological polar surface area (TPSA) is 45.1 Å². The highest BCUT2D eigenvalue weighted by molar-refractivity contribution is 8.00. The molecule has 2 unspecified atom stereocenters. The summed E-state index contributed by atoms with van der Waals surface area (Å²) in [6.45, 7) is 2.30. The summed E-state index contributed by atoms with van der Waals surface area (Å²) in [4.78, 5) is 4.47. The van der Waals surface area contributed by atoms with Gasteiger partial charge in [-0.2, -0.15) is 0 Å². The summed E-state index contributed by atoms with van der Waals surface area (Å²) in [5.74, 6) is 1.70. The Hall–Kier alpha value is -0.100. The summed E-state index contributed by atoms with van der Waals surface area (Å²) in [5, 5.41) is 15.1. The van der Waals surface area contributed by atoms with Crippen molar-refractivity contribution in [2.75, 3.05) is 19.4 Å². The molecule has 1 saturated carbocycles. The molecule has 0 radical (unpaired) electrons. The molecule has 1 fully saturated rings. The number of aryl methyl sites for hydroxylation is 1. The van der Waals surface area contributed by atoms with Crippen molar-refractivity contribution < 1.29 is 5.11 Å². The molecule has 5 heteroatoms. The Kier molecular flexibility index (Phi) is 5.06. The highest BCUT2D eigenvalue weighted by Gasteiger charge is 2.40. The van der Waals surface area contributed by atoms with E-state index >= 15 is 0 Å². The zero-order chi connectivity index (χ0) is 13.0. The predicted octanol–water partition coefficient (Wildman–Crippen LogP) is 2.68. The summed E-state index contributed by atoms with van der Waals surface area (Å²) in [6.07, 6.45) is 4.72. The molecule has 1 aromatic heterocycles. The van der Waals surface area contributed by atoms with E-state index in [9.17, 15) is 5.11 Å². The number of nitrogens with one attached hydrogen (secondary N) is 1. The van der Waals surface area contributed by atoms with E-state index in [1.54, 1.807) is 11.3 Å². The molecule has 3 nitrogen and oxygen atoms in total. The van der Waals surface area contributed by atoms with Crippen LogP contribution >= 0.6 is 23.1 Å². The molecular formula is C13H22N2OS2. The molecule has 1 heterocycles. The van der Waals surface area contributed by atoms with Gasteiger partial charge in [-0.3, -0.25) is 0 Å². The summed E-state index contributed by atoms with van der Waals surface area (Å²) in [6, 6.07) is 0. The number of aliphatic hydroxyl groups is 1. The van der Waals surface area contributed by atoms with Crippen LogP contribution in [0.25, 0.3) is 0 Å². The van der Waals surface area contributed by atoms with Crippen molar-refractivity contribution in [1.29, 1.82) is 0 Å². The Labute approximate surface area is 117 Å². The largest absolute Gasteiger partial charge is 0.394 e. The molecule has 2 atom stereocenters. The number of likely N-dealkylation sites (N-methyl/N-ethyl adjacent to an activating group) is 1. The number of hydrogen-bond acceptors (Lipinski definition) is 5. The van der Waals surface area contributed by atoms with Crippen molar-refractivity contribution in [2.45, 2.75) is 42.5 Å². The molecule has 1 aromatic rings. The van der Waals surface area contributed by atoms with Gasteiger partial charge in [-0.15, -0.1) is 11.3 Å². The van der Waals surface area contributed by atoms with E-state index in [1.165, 1.54) is 17.2 Å². The molecule has 18 heavy (non-hydrogen) atoms. The first-order valence-corrected chi connectivity index (χ1v) is 8.41. The van der Waals surface area contributed by atoms with E-state index < -0.39 is 0 Å². The van der Waals surface area contributed by atoms with Crippen molar-refractivity contribution >= 4 is 23.1 Å². The summed E-state index contributed by atoms with van der Waals surface area (Å²) in [7, 11) is 1.98. The monoisotopic (exact) mass is 286 g/mol. The smallest absolute Gasteiger partial charge is 0.150 e. The fraction of sp³-hybridized carbons (Fsp3) is 0.769. The second-order valence-corrected chi connectivity index (χ2v) is 7.25. The molecule has 2 N–H and O–H groups in total. The van der Waals surface area contributed by atoms with E-state index in [-0.39, 0.29) is 12.1 Å². The maximum Gasteiger partial charge on any atom is 0.150 e. The normalized spacial score (nSPS) is 27.8. The first kappa shape index (κ1) is 14.3. The van der Waals surface area contributed by atoms with Crippen LogP contribution < -0.4 is 5.32 Å². The van der Waals surface area contributed by atoms with Crippen LogP contribution in [-0.4, -0.2) is 35.0 Å². The van der Waals surface area contributed by atoms with Crippen LogP contribution in [0, 0.1) is 12.8 Å². The number of thioether (sulfide) groups is 1. The number of hydrogen-bond donors (Lipinski definition) is 2. The predicted molar refractivity (Wildman–Crippen MR) is 78.4 cm³/mol. The van der Waals surface area contributed by atoms with Gasteiger partial charge in [0.15, 0.2) is 0 Å². The first-order valence-electron chi connectivity index (χ1n) is 6.55. The molecule has 1 aliphatic carbocycles. The van der Waals surface area contributed by atoms with Gasteiger partial charge >= 0.3 is 0 Å². The Bertz CT molecular complexity index is 377. The average molecular weight is 286 g/mol. The van der Waals surface area contributed by atoms with E-state index in [1.807, 2.05) is 25.7 Å². The number of nitrogens with zero attached hydrogens (tertiary/aromatic N) is 1. The molecule has 0 aliphatic heterocycles. The van der Waals surface area contributed by atoms with Crippen LogP contribution in [-0.2, 0) is 0 Å². The van der Waals surface area contributed by atoms with Gasteiger partial charge in [0, 0.05) is 22.4 Å². The molecule has 1 aliphatic rings. The van der Waals surface area contributed by atoms with Gasteiger partial charge in [-0.05, 0) is 39.2 Å². The lowest BCUT2D eigenvalue weighted by molar-refractivity contribution is 0.130. The van der Waals surface area contributed by atoms with Crippen molar-refractivity contribution in [3.05, 3.63) is 11.1 Å². The van der Waals surface area contributed by atoms with Crippen LogP contribution in [0.15, 0.2) is 9.72 Å². The molecule has 102 valence electrons. The van der Waals surface area contributed by atoms with E-state index in [4.69, 9.17) is 0 Å². The third-order valence-electron chi connectivity index (χ3n) is 4.03. The quantitative estimate of drug-likeness (QED) is 0.789. The summed E-state index contributed by atoms with van der Waals surface area (Å²) >= 11 is 3.58. The van der Waals surface area contributed by atoms with Crippen LogP contribution in [0.4, 0.5) is 0 Å². The van der Waals surface area contributed by atoms with Crippen LogP contribution in [0.3, 0.4) is 0 Å². The van der Waals surface area contributed by atoms with Gasteiger partial charge in [0.05, 0.1) is 6.61 Å². The van der Waals surface area contributed by atoms with E-state index in [0.29, 0.717) is 5.92 Å². The standard InChI is InChI=1S/C13H22N2OS2/c1-10-8-18-12(15-10)17-7-5-11-4-3-6-13(11,9-16)14-2/h8,11,14,16H,3-7,9H2,1-2H3. The van der Waals surface area contributed by atoms with Crippen molar-refractivity contribution in [3.63, 3.8) is 0 Å². The van der Waals surface area contributed by atoms with Gasteiger partial charge < -0.3 is 10.4 Å². The average Bonchev–Trinajstić information content (AvgIpc) is 2.97. The fourth-order valence-electron chi connectivity index (χ4n) is 2.87. The van der Waals surface area contributed by atoms with E-state index in [0.717, 1.165) is 24.3 Å². The van der Waals surface area contributed by atoms with Crippen LogP contribution in [0.2, 0.25) is 0 Å². The molecule has 0 aromatic carbocycles. The Morgan fingerprint density at radius 2 is 2.50 bits per heavy atom. The lowest BCUT2D eigenvalue weighted by Gasteiger charge is -2.33. The zero-order valence-corrected chi connectivity index (χ0v) is 12.7. The Morgan fingerprint density at radius 3 is 3.11 bits per heavy atom. The second-order valence-electron chi connectivity index (χ2n) is 5.05.